The summed E-state index contributed by atoms with van der Waals surface area (Å²) < 4.78 is 0. The maximum Gasteiger partial charge on any atom is 0.0467 e. The van der Waals surface area contributed by atoms with Gasteiger partial charge < -0.3 is 4.90 Å². The Kier molecular flexibility index (Phi) is 4.76. The second-order valence-corrected chi connectivity index (χ2v) is 6.82. The third kappa shape index (κ3) is 3.50. The largest absolute Gasteiger partial charge is 0.310 e. The number of anilines is 3. The van der Waals surface area contributed by atoms with Crippen LogP contribution in [0.25, 0.3) is 11.1 Å². The molecule has 0 aliphatic rings. The van der Waals surface area contributed by atoms with Crippen molar-refractivity contribution in [3.8, 4) is 11.1 Å². The number of para-hydroxylation sites is 2. The standard InChI is InChI=1S/C26H23N/c1-20-11-9-10-16-25(20)26-19-24(18-17-21(26)2)27(22-12-5-3-6-13-22)23-14-7-4-8-15-23/h3-19H,1-2H3. The zero-order valence-corrected chi connectivity index (χ0v) is 15.8. The van der Waals surface area contributed by atoms with E-state index in [9.17, 15) is 0 Å². The highest BCUT2D eigenvalue weighted by Crippen LogP contribution is 2.37. The Morgan fingerprint density at radius 2 is 0.963 bits per heavy atom. The monoisotopic (exact) mass is 349 g/mol. The van der Waals surface area contributed by atoms with Gasteiger partial charge >= 0.3 is 0 Å². The summed E-state index contributed by atoms with van der Waals surface area (Å²) in [5.74, 6) is 0. The average molecular weight is 349 g/mol. The molecule has 1 heteroatoms. The minimum absolute atomic E-state index is 1.16. The summed E-state index contributed by atoms with van der Waals surface area (Å²) in [6, 6.07) is 36.4. The fourth-order valence-electron chi connectivity index (χ4n) is 3.52. The van der Waals surface area contributed by atoms with Crippen molar-refractivity contribution in [1.82, 2.24) is 0 Å². The van der Waals surface area contributed by atoms with E-state index in [1.165, 1.54) is 22.3 Å². The van der Waals surface area contributed by atoms with E-state index in [4.69, 9.17) is 0 Å². The normalized spacial score (nSPS) is 10.6. The van der Waals surface area contributed by atoms with Crippen molar-refractivity contribution in [3.05, 3.63) is 114 Å². The van der Waals surface area contributed by atoms with Gasteiger partial charge in [0.2, 0.25) is 0 Å². The van der Waals surface area contributed by atoms with Crippen LogP contribution in [0.15, 0.2) is 103 Å². The number of hydrogen-bond donors (Lipinski definition) is 0. The van der Waals surface area contributed by atoms with Crippen molar-refractivity contribution in [2.45, 2.75) is 13.8 Å². The van der Waals surface area contributed by atoms with Crippen molar-refractivity contribution in [2.75, 3.05) is 4.90 Å². The minimum Gasteiger partial charge on any atom is -0.310 e. The molecule has 0 saturated carbocycles. The van der Waals surface area contributed by atoms with Crippen LogP contribution in [0, 0.1) is 13.8 Å². The lowest BCUT2D eigenvalue weighted by molar-refractivity contribution is 1.27. The van der Waals surface area contributed by atoms with Crippen LogP contribution in [0.4, 0.5) is 17.1 Å². The van der Waals surface area contributed by atoms with Gasteiger partial charge in [-0.3, -0.25) is 0 Å². The summed E-state index contributed by atoms with van der Waals surface area (Å²) in [5.41, 5.74) is 8.63. The first-order chi connectivity index (χ1) is 13.2. The molecule has 4 aromatic carbocycles. The van der Waals surface area contributed by atoms with Crippen molar-refractivity contribution in [2.24, 2.45) is 0 Å². The number of rotatable bonds is 4. The first kappa shape index (κ1) is 17.1. The highest BCUT2D eigenvalue weighted by molar-refractivity contribution is 5.81. The molecule has 0 unspecified atom stereocenters. The molecule has 0 aliphatic carbocycles. The van der Waals surface area contributed by atoms with Crippen molar-refractivity contribution < 1.29 is 0 Å². The quantitative estimate of drug-likeness (QED) is 0.370. The molecule has 4 aromatic rings. The molecule has 1 nitrogen and oxygen atoms in total. The molecular weight excluding hydrogens is 326 g/mol. The van der Waals surface area contributed by atoms with Gasteiger partial charge in [-0.2, -0.15) is 0 Å². The summed E-state index contributed by atoms with van der Waals surface area (Å²) in [5, 5.41) is 0. The first-order valence-electron chi connectivity index (χ1n) is 9.31. The third-order valence-corrected chi connectivity index (χ3v) is 4.94. The second kappa shape index (κ2) is 7.51. The molecule has 0 radical (unpaired) electrons. The molecule has 0 amide bonds. The van der Waals surface area contributed by atoms with Crippen LogP contribution in [-0.4, -0.2) is 0 Å². The summed E-state index contributed by atoms with van der Waals surface area (Å²) in [6.07, 6.45) is 0. The van der Waals surface area contributed by atoms with E-state index in [0.717, 1.165) is 17.1 Å². The fourth-order valence-corrected chi connectivity index (χ4v) is 3.52. The molecule has 0 aliphatic heterocycles. The highest BCUT2D eigenvalue weighted by atomic mass is 15.1. The zero-order valence-electron chi connectivity index (χ0n) is 15.8. The van der Waals surface area contributed by atoms with Crippen LogP contribution in [0.1, 0.15) is 11.1 Å². The van der Waals surface area contributed by atoms with Crippen LogP contribution in [0.2, 0.25) is 0 Å². The summed E-state index contributed by atoms with van der Waals surface area (Å²) in [4.78, 5) is 2.31. The summed E-state index contributed by atoms with van der Waals surface area (Å²) in [6.45, 7) is 4.36. The molecule has 0 N–H and O–H groups in total. The van der Waals surface area contributed by atoms with Gasteiger partial charge in [0.05, 0.1) is 0 Å². The minimum atomic E-state index is 1.16. The van der Waals surface area contributed by atoms with E-state index >= 15 is 0 Å². The fraction of sp³-hybridized carbons (Fsp3) is 0.0769. The van der Waals surface area contributed by atoms with Crippen molar-refractivity contribution in [3.63, 3.8) is 0 Å². The second-order valence-electron chi connectivity index (χ2n) is 6.82. The molecule has 0 atom stereocenters. The number of hydrogen-bond acceptors (Lipinski definition) is 1. The highest BCUT2D eigenvalue weighted by Gasteiger charge is 2.14. The molecule has 0 saturated heterocycles. The molecule has 0 heterocycles. The molecule has 0 aromatic heterocycles. The zero-order chi connectivity index (χ0) is 18.6. The van der Waals surface area contributed by atoms with Crippen LogP contribution in [0.5, 0.6) is 0 Å². The molecule has 0 fully saturated rings. The lowest BCUT2D eigenvalue weighted by atomic mass is 9.96. The van der Waals surface area contributed by atoms with Crippen LogP contribution < -0.4 is 4.90 Å². The maximum atomic E-state index is 2.31. The van der Waals surface area contributed by atoms with E-state index < -0.39 is 0 Å². The van der Waals surface area contributed by atoms with Crippen molar-refractivity contribution in [1.29, 1.82) is 0 Å². The maximum absolute atomic E-state index is 2.31. The first-order valence-corrected chi connectivity index (χ1v) is 9.31. The van der Waals surface area contributed by atoms with Gasteiger partial charge in [-0.15, -0.1) is 0 Å². The Morgan fingerprint density at radius 1 is 0.444 bits per heavy atom. The Morgan fingerprint density at radius 3 is 1.56 bits per heavy atom. The van der Waals surface area contributed by atoms with E-state index in [2.05, 4.69) is 122 Å². The smallest absolute Gasteiger partial charge is 0.0467 e. The molecule has 132 valence electrons. The van der Waals surface area contributed by atoms with Gasteiger partial charge in [-0.1, -0.05) is 66.7 Å². The van der Waals surface area contributed by atoms with Crippen LogP contribution in [0.3, 0.4) is 0 Å². The number of aryl methyl sites for hydroxylation is 2. The molecule has 4 rings (SSSR count). The lowest BCUT2D eigenvalue weighted by Crippen LogP contribution is -2.10. The molecule has 27 heavy (non-hydrogen) atoms. The molecule has 0 bridgehead atoms. The van der Waals surface area contributed by atoms with Crippen LogP contribution in [-0.2, 0) is 0 Å². The Bertz CT molecular complexity index is 997. The van der Waals surface area contributed by atoms with Gasteiger partial charge in [-0.05, 0) is 72.5 Å². The molecule has 0 spiro atoms. The van der Waals surface area contributed by atoms with Gasteiger partial charge in [0.25, 0.3) is 0 Å². The Hall–Kier alpha value is -3.32. The third-order valence-electron chi connectivity index (χ3n) is 4.94. The SMILES string of the molecule is Cc1ccccc1-c1cc(N(c2ccccc2)c2ccccc2)ccc1C. The van der Waals surface area contributed by atoms with Gasteiger partial charge in [0.1, 0.15) is 0 Å². The Labute approximate surface area is 161 Å². The van der Waals surface area contributed by atoms with Gasteiger partial charge in [0.15, 0.2) is 0 Å². The van der Waals surface area contributed by atoms with E-state index in [0.29, 0.717) is 0 Å². The van der Waals surface area contributed by atoms with Gasteiger partial charge in [-0.25, -0.2) is 0 Å². The van der Waals surface area contributed by atoms with Crippen molar-refractivity contribution >= 4 is 17.1 Å². The molecular formula is C26H23N. The van der Waals surface area contributed by atoms with Gasteiger partial charge in [0, 0.05) is 17.1 Å². The number of benzene rings is 4. The average Bonchev–Trinajstić information content (AvgIpc) is 2.72. The predicted molar refractivity (Wildman–Crippen MR) is 116 cm³/mol. The summed E-state index contributed by atoms with van der Waals surface area (Å²) in [7, 11) is 0. The summed E-state index contributed by atoms with van der Waals surface area (Å²) >= 11 is 0. The Balaban J connectivity index is 1.89. The predicted octanol–water partition coefficient (Wildman–Crippen LogP) is 7.44. The van der Waals surface area contributed by atoms with Crippen LogP contribution >= 0.6 is 0 Å². The lowest BCUT2D eigenvalue weighted by Gasteiger charge is -2.26. The van der Waals surface area contributed by atoms with E-state index in [-0.39, 0.29) is 0 Å². The van der Waals surface area contributed by atoms with E-state index in [1.807, 2.05) is 0 Å². The van der Waals surface area contributed by atoms with E-state index in [1.54, 1.807) is 0 Å². The number of nitrogens with zero attached hydrogens (tertiary/aromatic N) is 1. The topological polar surface area (TPSA) is 3.24 Å².